The lowest BCUT2D eigenvalue weighted by Gasteiger charge is -2.60. The van der Waals surface area contributed by atoms with Crippen molar-refractivity contribution in [3.63, 3.8) is 0 Å². The van der Waals surface area contributed by atoms with Gasteiger partial charge in [-0.05, 0) is 90.8 Å². The first-order valence-electron chi connectivity index (χ1n) is 12.5. The molecule has 4 rings (SSSR count). The van der Waals surface area contributed by atoms with E-state index in [-0.39, 0.29) is 0 Å². The first-order valence-corrected chi connectivity index (χ1v) is 12.5. The van der Waals surface area contributed by atoms with Crippen LogP contribution in [0.4, 0.5) is 0 Å². The molecule has 0 aromatic rings. The third-order valence-electron chi connectivity index (χ3n) is 10.2. The Morgan fingerprint density at radius 1 is 0.852 bits per heavy atom. The van der Waals surface area contributed by atoms with E-state index in [1.165, 1.54) is 70.6 Å². The van der Waals surface area contributed by atoms with Crippen LogP contribution in [0.15, 0.2) is 12.2 Å². The standard InChI is InChI=1S/C27H46/c1-19(2)9-8-10-20(3)23-14-15-24-22-13-12-21-11-6-7-17-26(21,4)25(22)16-18-27(23,24)5/h14-15,19-25H,6-13,16-18H2,1-5H3/t20-,21-,22+,23+,24-,25+,26+,27-/m1/s1. The number of hydrogen-bond donors (Lipinski definition) is 0. The maximum absolute atomic E-state index is 2.73. The molecular formula is C27H46. The highest BCUT2D eigenvalue weighted by molar-refractivity contribution is 5.19. The molecule has 0 aliphatic heterocycles. The van der Waals surface area contributed by atoms with Crippen LogP contribution < -0.4 is 0 Å². The van der Waals surface area contributed by atoms with Crippen LogP contribution in [0, 0.1) is 52.3 Å². The molecule has 0 unspecified atom stereocenters. The third-order valence-corrected chi connectivity index (χ3v) is 10.2. The number of fused-ring (bicyclic) bond motifs is 5. The molecule has 0 bridgehead atoms. The van der Waals surface area contributed by atoms with Gasteiger partial charge in [0.25, 0.3) is 0 Å². The van der Waals surface area contributed by atoms with Crippen molar-refractivity contribution in [2.45, 2.75) is 105 Å². The van der Waals surface area contributed by atoms with Gasteiger partial charge in [0.2, 0.25) is 0 Å². The molecule has 0 radical (unpaired) electrons. The van der Waals surface area contributed by atoms with Crippen LogP contribution in [0.5, 0.6) is 0 Å². The van der Waals surface area contributed by atoms with Crippen molar-refractivity contribution in [3.05, 3.63) is 12.2 Å². The van der Waals surface area contributed by atoms with E-state index in [2.05, 4.69) is 46.8 Å². The lowest BCUT2D eigenvalue weighted by Crippen LogP contribution is -2.53. The Labute approximate surface area is 170 Å². The van der Waals surface area contributed by atoms with Gasteiger partial charge in [-0.25, -0.2) is 0 Å². The van der Waals surface area contributed by atoms with Crippen LogP contribution in [-0.4, -0.2) is 0 Å². The zero-order chi connectivity index (χ0) is 19.2. The molecular weight excluding hydrogens is 324 g/mol. The van der Waals surface area contributed by atoms with Crippen LogP contribution in [0.2, 0.25) is 0 Å². The molecule has 0 aromatic carbocycles. The molecule has 0 saturated heterocycles. The summed E-state index contributed by atoms with van der Waals surface area (Å²) in [5.74, 6) is 6.52. The quantitative estimate of drug-likeness (QED) is 0.427. The Morgan fingerprint density at radius 2 is 1.67 bits per heavy atom. The van der Waals surface area contributed by atoms with E-state index in [9.17, 15) is 0 Å². The number of allylic oxidation sites excluding steroid dienone is 2. The van der Waals surface area contributed by atoms with Crippen molar-refractivity contribution in [1.29, 1.82) is 0 Å². The molecule has 27 heavy (non-hydrogen) atoms. The summed E-state index contributed by atoms with van der Waals surface area (Å²) in [6.45, 7) is 12.7. The Morgan fingerprint density at radius 3 is 2.44 bits per heavy atom. The van der Waals surface area contributed by atoms with Gasteiger partial charge in [0.05, 0.1) is 0 Å². The van der Waals surface area contributed by atoms with Crippen LogP contribution >= 0.6 is 0 Å². The van der Waals surface area contributed by atoms with E-state index in [0.717, 1.165) is 41.4 Å². The average molecular weight is 371 g/mol. The summed E-state index contributed by atoms with van der Waals surface area (Å²) in [5.41, 5.74) is 1.24. The van der Waals surface area contributed by atoms with Crippen LogP contribution in [0.3, 0.4) is 0 Å². The molecule has 0 nitrogen and oxygen atoms in total. The Bertz CT molecular complexity index is 544. The van der Waals surface area contributed by atoms with Crippen molar-refractivity contribution in [1.82, 2.24) is 0 Å². The summed E-state index contributed by atoms with van der Waals surface area (Å²) in [7, 11) is 0. The zero-order valence-electron chi connectivity index (χ0n) is 19.0. The van der Waals surface area contributed by atoms with Gasteiger partial charge in [0.1, 0.15) is 0 Å². The number of rotatable bonds is 5. The topological polar surface area (TPSA) is 0 Å². The van der Waals surface area contributed by atoms with Crippen LogP contribution in [-0.2, 0) is 0 Å². The number of hydrogen-bond acceptors (Lipinski definition) is 0. The zero-order valence-corrected chi connectivity index (χ0v) is 19.0. The molecule has 0 amide bonds. The van der Waals surface area contributed by atoms with Gasteiger partial charge < -0.3 is 0 Å². The molecule has 3 fully saturated rings. The lowest BCUT2D eigenvalue weighted by molar-refractivity contribution is -0.107. The van der Waals surface area contributed by atoms with E-state index >= 15 is 0 Å². The molecule has 0 aromatic heterocycles. The fourth-order valence-electron chi connectivity index (χ4n) is 8.65. The fraction of sp³-hybridized carbons (Fsp3) is 0.926. The SMILES string of the molecule is CC(C)CCC[C@@H](C)[C@@H]1C=C[C@@H]2[C@@H]3CC[C@H]4CCCC[C@]4(C)[C@H]3CC[C@@]21C. The smallest absolute Gasteiger partial charge is 0.0142 e. The second-order valence-electron chi connectivity index (χ2n) is 12.1. The Balaban J connectivity index is 1.47. The summed E-state index contributed by atoms with van der Waals surface area (Å²) < 4.78 is 0. The molecule has 8 atom stereocenters. The maximum atomic E-state index is 2.73. The lowest BCUT2D eigenvalue weighted by atomic mass is 9.44. The van der Waals surface area contributed by atoms with Gasteiger partial charge in [-0.15, -0.1) is 0 Å². The highest BCUT2D eigenvalue weighted by atomic mass is 14.6. The highest BCUT2D eigenvalue weighted by Gasteiger charge is 2.58. The van der Waals surface area contributed by atoms with Crippen molar-refractivity contribution in [2.75, 3.05) is 0 Å². The summed E-state index contributed by atoms with van der Waals surface area (Å²) in [6.07, 6.45) is 21.9. The van der Waals surface area contributed by atoms with E-state index in [0.29, 0.717) is 10.8 Å². The molecule has 4 aliphatic carbocycles. The predicted octanol–water partition coefficient (Wildman–Crippen LogP) is 8.27. The third kappa shape index (κ3) is 3.36. The van der Waals surface area contributed by atoms with E-state index in [4.69, 9.17) is 0 Å². The summed E-state index contributed by atoms with van der Waals surface area (Å²) in [4.78, 5) is 0. The summed E-state index contributed by atoms with van der Waals surface area (Å²) in [5, 5.41) is 0. The summed E-state index contributed by atoms with van der Waals surface area (Å²) >= 11 is 0. The largest absolute Gasteiger partial charge is 0.0843 e. The van der Waals surface area contributed by atoms with E-state index in [1.807, 2.05) is 0 Å². The minimum Gasteiger partial charge on any atom is -0.0843 e. The minimum absolute atomic E-state index is 0.566. The molecule has 0 spiro atoms. The first-order chi connectivity index (χ1) is 12.9. The van der Waals surface area contributed by atoms with Gasteiger partial charge in [0, 0.05) is 0 Å². The van der Waals surface area contributed by atoms with Gasteiger partial charge in [-0.1, -0.05) is 78.9 Å². The molecule has 0 heteroatoms. The van der Waals surface area contributed by atoms with E-state index in [1.54, 1.807) is 0 Å². The highest BCUT2D eigenvalue weighted by Crippen LogP contribution is 2.66. The molecule has 3 saturated carbocycles. The van der Waals surface area contributed by atoms with Gasteiger partial charge in [-0.2, -0.15) is 0 Å². The molecule has 0 heterocycles. The van der Waals surface area contributed by atoms with Crippen molar-refractivity contribution < 1.29 is 0 Å². The average Bonchev–Trinajstić information content (AvgIpc) is 2.98. The minimum atomic E-state index is 0.566. The fourth-order valence-corrected chi connectivity index (χ4v) is 8.65. The van der Waals surface area contributed by atoms with Crippen molar-refractivity contribution in [2.24, 2.45) is 52.3 Å². The van der Waals surface area contributed by atoms with Crippen LogP contribution in [0.1, 0.15) is 105 Å². The molecule has 4 aliphatic rings. The first kappa shape index (κ1) is 20.0. The Kier molecular flexibility index (Phi) is 5.59. The van der Waals surface area contributed by atoms with E-state index < -0.39 is 0 Å². The van der Waals surface area contributed by atoms with Gasteiger partial charge in [-0.3, -0.25) is 0 Å². The van der Waals surface area contributed by atoms with Gasteiger partial charge >= 0.3 is 0 Å². The monoisotopic (exact) mass is 370 g/mol. The Hall–Kier alpha value is -0.260. The van der Waals surface area contributed by atoms with Crippen molar-refractivity contribution in [3.8, 4) is 0 Å². The second kappa shape index (κ2) is 7.53. The normalized spacial score (nSPS) is 47.4. The van der Waals surface area contributed by atoms with Crippen molar-refractivity contribution >= 4 is 0 Å². The van der Waals surface area contributed by atoms with Crippen LogP contribution in [0.25, 0.3) is 0 Å². The second-order valence-corrected chi connectivity index (χ2v) is 12.1. The van der Waals surface area contributed by atoms with Gasteiger partial charge in [0.15, 0.2) is 0 Å². The maximum Gasteiger partial charge on any atom is -0.0142 e. The molecule has 154 valence electrons. The summed E-state index contributed by atoms with van der Waals surface area (Å²) in [6, 6.07) is 0. The molecule has 0 N–H and O–H groups in total. The predicted molar refractivity (Wildman–Crippen MR) is 118 cm³/mol.